The lowest BCUT2D eigenvalue weighted by molar-refractivity contribution is 0.404. The lowest BCUT2D eigenvalue weighted by Gasteiger charge is -2.21. The topological polar surface area (TPSA) is 26.0 Å². The highest BCUT2D eigenvalue weighted by Crippen LogP contribution is 2.27. The molecule has 0 heterocycles. The van der Waals surface area contributed by atoms with Gasteiger partial charge >= 0.3 is 0 Å². The molecule has 0 aliphatic carbocycles. The molecule has 0 aromatic heterocycles. The maximum atomic E-state index is 13.2. The lowest BCUT2D eigenvalue weighted by Crippen LogP contribution is -2.20. The molecule has 1 nitrogen and oxygen atoms in total. The number of nitrogens with two attached hydrogens (primary N) is 1. The summed E-state index contributed by atoms with van der Waals surface area (Å²) < 4.78 is 13.2. The van der Waals surface area contributed by atoms with Crippen LogP contribution in [0.2, 0.25) is 5.02 Å². The van der Waals surface area contributed by atoms with Crippen LogP contribution in [0.4, 0.5) is 4.39 Å². The number of benzene rings is 1. The van der Waals surface area contributed by atoms with Crippen molar-refractivity contribution in [2.45, 2.75) is 32.7 Å². The molecule has 1 unspecified atom stereocenters. The van der Waals surface area contributed by atoms with Gasteiger partial charge in [0.25, 0.3) is 0 Å². The van der Waals surface area contributed by atoms with Gasteiger partial charge in [0.2, 0.25) is 0 Å². The van der Waals surface area contributed by atoms with E-state index >= 15 is 0 Å². The van der Waals surface area contributed by atoms with Crippen LogP contribution in [0.15, 0.2) is 18.2 Å². The Bertz CT molecular complexity index is 323. The molecule has 15 heavy (non-hydrogen) atoms. The summed E-state index contributed by atoms with van der Waals surface area (Å²) in [5.41, 5.74) is 6.89. The normalized spacial score (nSPS) is 13.2. The highest BCUT2D eigenvalue weighted by atomic mass is 35.5. The van der Waals surface area contributed by atoms with E-state index in [-0.39, 0.29) is 11.1 Å². The molecule has 0 radical (unpaired) electrons. The minimum atomic E-state index is -0.393. The van der Waals surface area contributed by atoms with E-state index in [1.165, 1.54) is 6.07 Å². The van der Waals surface area contributed by atoms with Gasteiger partial charge in [-0.3, -0.25) is 0 Å². The molecule has 0 aliphatic rings. The molecule has 0 spiro atoms. The molecule has 2 N–H and O–H groups in total. The van der Waals surface area contributed by atoms with E-state index in [1.54, 1.807) is 12.1 Å². The minimum Gasteiger partial charge on any atom is -0.324 e. The Morgan fingerprint density at radius 2 is 1.93 bits per heavy atom. The van der Waals surface area contributed by atoms with Crippen LogP contribution in [0.5, 0.6) is 0 Å². The molecule has 1 rings (SSSR count). The monoisotopic (exact) mass is 229 g/mol. The van der Waals surface area contributed by atoms with Crippen LogP contribution in [0.3, 0.4) is 0 Å². The van der Waals surface area contributed by atoms with Crippen LogP contribution < -0.4 is 5.73 Å². The molecule has 0 bridgehead atoms. The first-order valence-electron chi connectivity index (χ1n) is 5.30. The van der Waals surface area contributed by atoms with E-state index in [2.05, 4.69) is 13.8 Å². The van der Waals surface area contributed by atoms with Crippen molar-refractivity contribution in [1.82, 2.24) is 0 Å². The molecule has 0 fully saturated rings. The van der Waals surface area contributed by atoms with Crippen LogP contribution in [-0.4, -0.2) is 0 Å². The van der Waals surface area contributed by atoms with E-state index < -0.39 is 5.82 Å². The fourth-order valence-electron chi connectivity index (χ4n) is 1.79. The van der Waals surface area contributed by atoms with Crippen molar-refractivity contribution in [3.05, 3.63) is 34.6 Å². The maximum Gasteiger partial charge on any atom is 0.142 e. The Balaban J connectivity index is 2.90. The molecule has 0 saturated carbocycles. The second-order valence-corrected chi connectivity index (χ2v) is 4.18. The molecular weight excluding hydrogens is 213 g/mol. The molecule has 1 aromatic rings. The van der Waals surface area contributed by atoms with Gasteiger partial charge in [-0.2, -0.15) is 0 Å². The number of hydrogen-bond donors (Lipinski definition) is 1. The molecule has 1 aromatic carbocycles. The highest BCUT2D eigenvalue weighted by molar-refractivity contribution is 6.30. The van der Waals surface area contributed by atoms with Gasteiger partial charge in [-0.1, -0.05) is 44.4 Å². The Morgan fingerprint density at radius 1 is 1.33 bits per heavy atom. The maximum absolute atomic E-state index is 13.2. The summed E-state index contributed by atoms with van der Waals surface area (Å²) in [4.78, 5) is 0. The van der Waals surface area contributed by atoms with Crippen LogP contribution in [-0.2, 0) is 0 Å². The summed E-state index contributed by atoms with van der Waals surface area (Å²) in [5.74, 6) is 0.00106. The summed E-state index contributed by atoms with van der Waals surface area (Å²) in [6.07, 6.45) is 2.00. The fourth-order valence-corrected chi connectivity index (χ4v) is 1.91. The quantitative estimate of drug-likeness (QED) is 0.832. The largest absolute Gasteiger partial charge is 0.324 e. The first-order valence-corrected chi connectivity index (χ1v) is 5.68. The van der Waals surface area contributed by atoms with Gasteiger partial charge in [-0.25, -0.2) is 4.39 Å². The predicted molar refractivity (Wildman–Crippen MR) is 62.4 cm³/mol. The zero-order valence-corrected chi connectivity index (χ0v) is 9.89. The van der Waals surface area contributed by atoms with Gasteiger partial charge in [0, 0.05) is 6.04 Å². The van der Waals surface area contributed by atoms with E-state index in [9.17, 15) is 4.39 Å². The first-order chi connectivity index (χ1) is 7.10. The molecule has 3 heteroatoms. The van der Waals surface area contributed by atoms with Crippen LogP contribution in [0.1, 0.15) is 38.3 Å². The molecule has 0 aliphatic heterocycles. The van der Waals surface area contributed by atoms with Crippen molar-refractivity contribution >= 4 is 11.6 Å². The first kappa shape index (κ1) is 12.5. The second-order valence-electron chi connectivity index (χ2n) is 3.78. The summed E-state index contributed by atoms with van der Waals surface area (Å²) >= 11 is 5.62. The second kappa shape index (κ2) is 5.47. The van der Waals surface area contributed by atoms with Crippen molar-refractivity contribution in [3.8, 4) is 0 Å². The molecular formula is C12H17ClFN. The molecule has 0 saturated heterocycles. The molecule has 0 amide bonds. The third-order valence-electron chi connectivity index (χ3n) is 2.89. The summed E-state index contributed by atoms with van der Waals surface area (Å²) in [5, 5.41) is 0.149. The van der Waals surface area contributed by atoms with Crippen LogP contribution >= 0.6 is 11.6 Å². The fraction of sp³-hybridized carbons (Fsp3) is 0.500. The summed E-state index contributed by atoms with van der Waals surface area (Å²) in [7, 11) is 0. The van der Waals surface area contributed by atoms with E-state index in [4.69, 9.17) is 17.3 Å². The van der Waals surface area contributed by atoms with E-state index in [0.29, 0.717) is 5.92 Å². The summed E-state index contributed by atoms with van der Waals surface area (Å²) in [6, 6.07) is 4.69. The van der Waals surface area contributed by atoms with Gasteiger partial charge in [-0.05, 0) is 23.6 Å². The van der Waals surface area contributed by atoms with Crippen molar-refractivity contribution in [1.29, 1.82) is 0 Å². The smallest absolute Gasteiger partial charge is 0.142 e. The Morgan fingerprint density at radius 3 is 2.40 bits per heavy atom. The Hall–Kier alpha value is -0.600. The number of hydrogen-bond acceptors (Lipinski definition) is 1. The Kier molecular flexibility index (Phi) is 4.55. The highest BCUT2D eigenvalue weighted by Gasteiger charge is 2.16. The van der Waals surface area contributed by atoms with Crippen molar-refractivity contribution < 1.29 is 4.39 Å². The SMILES string of the molecule is CCC(CC)C(N)c1ccc(Cl)c(F)c1. The molecule has 84 valence electrons. The number of halogens is 2. The van der Waals surface area contributed by atoms with Crippen molar-refractivity contribution in [3.63, 3.8) is 0 Å². The van der Waals surface area contributed by atoms with Gasteiger partial charge < -0.3 is 5.73 Å². The Labute approximate surface area is 95.4 Å². The standard InChI is InChI=1S/C12H17ClFN/c1-3-8(4-2)12(15)9-5-6-10(13)11(14)7-9/h5-8,12H,3-4,15H2,1-2H3. The lowest BCUT2D eigenvalue weighted by atomic mass is 9.90. The summed E-state index contributed by atoms with van der Waals surface area (Å²) in [6.45, 7) is 4.20. The van der Waals surface area contributed by atoms with Gasteiger partial charge in [0.15, 0.2) is 0 Å². The molecule has 1 atom stereocenters. The van der Waals surface area contributed by atoms with E-state index in [0.717, 1.165) is 18.4 Å². The number of rotatable bonds is 4. The zero-order chi connectivity index (χ0) is 11.4. The average molecular weight is 230 g/mol. The third-order valence-corrected chi connectivity index (χ3v) is 3.19. The predicted octanol–water partition coefficient (Wildman–Crippen LogP) is 3.92. The van der Waals surface area contributed by atoms with Crippen molar-refractivity contribution in [2.75, 3.05) is 0 Å². The van der Waals surface area contributed by atoms with Gasteiger partial charge in [-0.15, -0.1) is 0 Å². The van der Waals surface area contributed by atoms with Crippen LogP contribution in [0.25, 0.3) is 0 Å². The van der Waals surface area contributed by atoms with Gasteiger partial charge in [0.1, 0.15) is 5.82 Å². The third kappa shape index (κ3) is 2.93. The van der Waals surface area contributed by atoms with Crippen molar-refractivity contribution in [2.24, 2.45) is 11.7 Å². The van der Waals surface area contributed by atoms with E-state index in [1.807, 2.05) is 0 Å². The van der Waals surface area contributed by atoms with Gasteiger partial charge in [0.05, 0.1) is 5.02 Å². The zero-order valence-electron chi connectivity index (χ0n) is 9.13. The average Bonchev–Trinajstić information content (AvgIpc) is 2.23. The minimum absolute atomic E-state index is 0.105. The van der Waals surface area contributed by atoms with Crippen LogP contribution in [0, 0.1) is 11.7 Å².